The molecule has 0 saturated heterocycles. The molecule has 0 spiro atoms. The lowest BCUT2D eigenvalue weighted by Crippen LogP contribution is -2.16. The maximum Gasteiger partial charge on any atom is 0.345 e. The molecule has 0 unspecified atom stereocenters. The van der Waals surface area contributed by atoms with Crippen LogP contribution < -0.4 is 11.4 Å². The number of rotatable bonds is 3. The first-order valence-corrected chi connectivity index (χ1v) is 6.43. The topological polar surface area (TPSA) is 115 Å². The maximum atomic E-state index is 11.6. The fraction of sp³-hybridized carbons (Fsp3) is 0. The number of H-pyrrole nitrogens is 1. The van der Waals surface area contributed by atoms with Gasteiger partial charge in [-0.2, -0.15) is 0 Å². The van der Waals surface area contributed by atoms with E-state index in [0.717, 1.165) is 5.56 Å². The summed E-state index contributed by atoms with van der Waals surface area (Å²) in [5.74, 6) is -0.245. The molecule has 0 bridgehead atoms. The highest BCUT2D eigenvalue weighted by Gasteiger charge is 2.15. The summed E-state index contributed by atoms with van der Waals surface area (Å²) in [5.41, 5.74) is 6.35. The minimum absolute atomic E-state index is 0.126. The maximum absolute atomic E-state index is 11.6. The van der Waals surface area contributed by atoms with E-state index in [-0.39, 0.29) is 11.3 Å². The van der Waals surface area contributed by atoms with E-state index in [0.29, 0.717) is 11.5 Å². The van der Waals surface area contributed by atoms with Crippen LogP contribution in [0, 0.1) is 0 Å². The SMILES string of the molecule is NC(=O)c1cnc(-c2ccccc2)nc1-c1ccnc(=O)[nH]1. The Bertz CT molecular complexity index is 890. The molecule has 1 aromatic carbocycles. The highest BCUT2D eigenvalue weighted by molar-refractivity contribution is 5.98. The number of aromatic nitrogens is 4. The van der Waals surface area contributed by atoms with Crippen molar-refractivity contribution in [3.63, 3.8) is 0 Å². The van der Waals surface area contributed by atoms with E-state index in [1.807, 2.05) is 30.3 Å². The summed E-state index contributed by atoms with van der Waals surface area (Å²) in [5, 5.41) is 0. The lowest BCUT2D eigenvalue weighted by Gasteiger charge is -2.08. The molecule has 0 aliphatic carbocycles. The zero-order chi connectivity index (χ0) is 15.5. The minimum Gasteiger partial charge on any atom is -0.365 e. The molecule has 0 aliphatic heterocycles. The van der Waals surface area contributed by atoms with Crippen molar-refractivity contribution < 1.29 is 4.79 Å². The molecule has 3 rings (SSSR count). The molecule has 0 fully saturated rings. The summed E-state index contributed by atoms with van der Waals surface area (Å²) in [6.45, 7) is 0. The number of nitrogens with one attached hydrogen (secondary N) is 1. The third-order valence-electron chi connectivity index (χ3n) is 3.02. The van der Waals surface area contributed by atoms with Crippen LogP contribution in [-0.2, 0) is 0 Å². The number of amides is 1. The molecule has 0 radical (unpaired) electrons. The van der Waals surface area contributed by atoms with Crippen molar-refractivity contribution in [2.45, 2.75) is 0 Å². The zero-order valence-electron chi connectivity index (χ0n) is 11.4. The Kier molecular flexibility index (Phi) is 3.45. The Morgan fingerprint density at radius 1 is 1.09 bits per heavy atom. The molecule has 22 heavy (non-hydrogen) atoms. The van der Waals surface area contributed by atoms with Crippen LogP contribution in [0.5, 0.6) is 0 Å². The first-order valence-electron chi connectivity index (χ1n) is 6.43. The Morgan fingerprint density at radius 2 is 1.86 bits per heavy atom. The number of aromatic amines is 1. The van der Waals surface area contributed by atoms with Gasteiger partial charge in [-0.3, -0.25) is 4.79 Å². The predicted octanol–water partition coefficient (Wildman–Crippen LogP) is 0.993. The highest BCUT2D eigenvalue weighted by Crippen LogP contribution is 2.22. The predicted molar refractivity (Wildman–Crippen MR) is 79.8 cm³/mol. The van der Waals surface area contributed by atoms with Crippen LogP contribution in [-0.4, -0.2) is 25.8 Å². The largest absolute Gasteiger partial charge is 0.365 e. The van der Waals surface area contributed by atoms with E-state index in [4.69, 9.17) is 5.73 Å². The van der Waals surface area contributed by atoms with Gasteiger partial charge in [0.2, 0.25) is 0 Å². The van der Waals surface area contributed by atoms with Gasteiger partial charge in [-0.05, 0) is 6.07 Å². The van der Waals surface area contributed by atoms with E-state index in [2.05, 4.69) is 19.9 Å². The van der Waals surface area contributed by atoms with Crippen molar-refractivity contribution >= 4 is 5.91 Å². The van der Waals surface area contributed by atoms with Crippen molar-refractivity contribution in [1.82, 2.24) is 19.9 Å². The van der Waals surface area contributed by atoms with Gasteiger partial charge in [-0.1, -0.05) is 30.3 Å². The summed E-state index contributed by atoms with van der Waals surface area (Å²) in [7, 11) is 0. The molecule has 0 saturated carbocycles. The van der Waals surface area contributed by atoms with E-state index in [1.165, 1.54) is 12.4 Å². The van der Waals surface area contributed by atoms with Crippen molar-refractivity contribution in [3.05, 3.63) is 64.8 Å². The summed E-state index contributed by atoms with van der Waals surface area (Å²) >= 11 is 0. The first-order chi connectivity index (χ1) is 10.6. The zero-order valence-corrected chi connectivity index (χ0v) is 11.4. The first kappa shape index (κ1) is 13.6. The van der Waals surface area contributed by atoms with Crippen LogP contribution in [0.4, 0.5) is 0 Å². The summed E-state index contributed by atoms with van der Waals surface area (Å²) in [4.78, 5) is 37.5. The monoisotopic (exact) mass is 293 g/mol. The molecule has 3 N–H and O–H groups in total. The lowest BCUT2D eigenvalue weighted by molar-refractivity contribution is 0.100. The Hall–Kier alpha value is -3.35. The second kappa shape index (κ2) is 5.57. The van der Waals surface area contributed by atoms with Crippen molar-refractivity contribution in [3.8, 4) is 22.8 Å². The van der Waals surface area contributed by atoms with Crippen molar-refractivity contribution in [2.24, 2.45) is 5.73 Å². The van der Waals surface area contributed by atoms with Gasteiger partial charge < -0.3 is 10.7 Å². The Labute approximate surface area is 124 Å². The third kappa shape index (κ3) is 2.59. The Morgan fingerprint density at radius 3 is 2.55 bits per heavy atom. The molecule has 108 valence electrons. The van der Waals surface area contributed by atoms with Crippen LogP contribution >= 0.6 is 0 Å². The van der Waals surface area contributed by atoms with Gasteiger partial charge >= 0.3 is 5.69 Å². The number of hydrogen-bond acceptors (Lipinski definition) is 5. The van der Waals surface area contributed by atoms with E-state index in [9.17, 15) is 9.59 Å². The molecule has 3 aromatic rings. The normalized spacial score (nSPS) is 10.4. The lowest BCUT2D eigenvalue weighted by atomic mass is 10.1. The van der Waals surface area contributed by atoms with Gasteiger partial charge in [0, 0.05) is 18.0 Å². The van der Waals surface area contributed by atoms with Crippen molar-refractivity contribution in [1.29, 1.82) is 0 Å². The van der Waals surface area contributed by atoms with Gasteiger partial charge in [-0.25, -0.2) is 19.7 Å². The molecule has 0 atom stereocenters. The van der Waals surface area contributed by atoms with Crippen LogP contribution in [0.2, 0.25) is 0 Å². The van der Waals surface area contributed by atoms with Gasteiger partial charge in [0.05, 0.1) is 11.3 Å². The number of hydrogen-bond donors (Lipinski definition) is 2. The molecular formula is C15H11N5O2. The summed E-state index contributed by atoms with van der Waals surface area (Å²) in [6.07, 6.45) is 2.69. The number of carbonyl (C=O) groups excluding carboxylic acids is 1. The second-order valence-electron chi connectivity index (χ2n) is 4.47. The molecular weight excluding hydrogens is 282 g/mol. The number of carbonyl (C=O) groups is 1. The quantitative estimate of drug-likeness (QED) is 0.747. The number of benzene rings is 1. The van der Waals surface area contributed by atoms with Crippen LogP contribution in [0.25, 0.3) is 22.8 Å². The van der Waals surface area contributed by atoms with Crippen molar-refractivity contribution in [2.75, 3.05) is 0 Å². The molecule has 2 aromatic heterocycles. The van der Waals surface area contributed by atoms with Gasteiger partial charge in [-0.15, -0.1) is 0 Å². The van der Waals surface area contributed by atoms with E-state index < -0.39 is 11.6 Å². The number of nitrogens with two attached hydrogens (primary N) is 1. The van der Waals surface area contributed by atoms with Gasteiger partial charge in [0.15, 0.2) is 5.82 Å². The van der Waals surface area contributed by atoms with Crippen LogP contribution in [0.3, 0.4) is 0 Å². The van der Waals surface area contributed by atoms with Crippen LogP contribution in [0.1, 0.15) is 10.4 Å². The number of primary amides is 1. The van der Waals surface area contributed by atoms with Gasteiger partial charge in [0.1, 0.15) is 5.69 Å². The minimum atomic E-state index is -0.674. The smallest absolute Gasteiger partial charge is 0.345 e. The third-order valence-corrected chi connectivity index (χ3v) is 3.02. The number of nitrogens with zero attached hydrogens (tertiary/aromatic N) is 3. The average Bonchev–Trinajstić information content (AvgIpc) is 2.55. The van der Waals surface area contributed by atoms with Crippen LogP contribution in [0.15, 0.2) is 53.6 Å². The Balaban J connectivity index is 2.22. The highest BCUT2D eigenvalue weighted by atomic mass is 16.1. The van der Waals surface area contributed by atoms with Gasteiger partial charge in [0.25, 0.3) is 5.91 Å². The van der Waals surface area contributed by atoms with E-state index in [1.54, 1.807) is 6.07 Å². The summed E-state index contributed by atoms with van der Waals surface area (Å²) in [6, 6.07) is 10.8. The summed E-state index contributed by atoms with van der Waals surface area (Å²) < 4.78 is 0. The fourth-order valence-corrected chi connectivity index (χ4v) is 2.00. The second-order valence-corrected chi connectivity index (χ2v) is 4.47. The molecule has 0 aliphatic rings. The molecule has 1 amide bonds. The van der Waals surface area contributed by atoms with E-state index >= 15 is 0 Å². The molecule has 7 heteroatoms. The fourth-order valence-electron chi connectivity index (χ4n) is 2.00. The average molecular weight is 293 g/mol. The molecule has 7 nitrogen and oxygen atoms in total. The standard InChI is InChI=1S/C15H11N5O2/c16-13(21)10-8-18-14(9-4-2-1-3-5-9)20-12(10)11-6-7-17-15(22)19-11/h1-8H,(H2,16,21)(H,17,19,22). The molecule has 2 heterocycles.